The van der Waals surface area contributed by atoms with Crippen molar-refractivity contribution in [3.63, 3.8) is 0 Å². The predicted octanol–water partition coefficient (Wildman–Crippen LogP) is 4.25. The van der Waals surface area contributed by atoms with Crippen LogP contribution in [0.3, 0.4) is 0 Å². The van der Waals surface area contributed by atoms with Gasteiger partial charge in [0, 0.05) is 5.56 Å². The molecule has 0 aliphatic rings. The van der Waals surface area contributed by atoms with Gasteiger partial charge in [-0.05, 0) is 41.2 Å². The number of aromatic nitrogens is 3. The summed E-state index contributed by atoms with van der Waals surface area (Å²) < 4.78 is 0. The minimum absolute atomic E-state index is 0.104. The number of phenolic OH excluding ortho intramolecular Hbond substituents is 1. The molecule has 23 heavy (non-hydrogen) atoms. The molecule has 0 bridgehead atoms. The molecule has 1 aromatic heterocycles. The molecule has 0 amide bonds. The molecule has 4 nitrogen and oxygen atoms in total. The monoisotopic (exact) mass is 307 g/mol. The molecule has 0 saturated carbocycles. The van der Waals surface area contributed by atoms with Crippen LogP contribution in [0.4, 0.5) is 0 Å². The van der Waals surface area contributed by atoms with Crippen molar-refractivity contribution in [3.8, 4) is 22.6 Å². The van der Waals surface area contributed by atoms with E-state index in [1.54, 1.807) is 17.2 Å². The maximum atomic E-state index is 10.7. The van der Waals surface area contributed by atoms with Gasteiger partial charge in [-0.2, -0.15) is 15.0 Å². The van der Waals surface area contributed by atoms with Gasteiger partial charge in [0.25, 0.3) is 0 Å². The second kappa shape index (κ2) is 5.54. The lowest BCUT2D eigenvalue weighted by Gasteiger charge is -2.22. The van der Waals surface area contributed by atoms with Crippen molar-refractivity contribution < 1.29 is 5.11 Å². The maximum absolute atomic E-state index is 10.7. The largest absolute Gasteiger partial charge is 0.507 e. The second-order valence-electron chi connectivity index (χ2n) is 6.77. The third kappa shape index (κ3) is 2.84. The van der Waals surface area contributed by atoms with Crippen LogP contribution in [0, 0.1) is 6.92 Å². The van der Waals surface area contributed by atoms with Crippen LogP contribution in [0.15, 0.2) is 48.8 Å². The summed E-state index contributed by atoms with van der Waals surface area (Å²) >= 11 is 0. The number of rotatable bonds is 2. The molecular formula is C19H21N3O. The first kappa shape index (κ1) is 15.3. The highest BCUT2D eigenvalue weighted by Gasteiger charge is 2.20. The number of hydrogen-bond donors (Lipinski definition) is 1. The lowest BCUT2D eigenvalue weighted by Crippen LogP contribution is -2.11. The van der Waals surface area contributed by atoms with Gasteiger partial charge in [0.2, 0.25) is 0 Å². The Kier molecular flexibility index (Phi) is 3.68. The van der Waals surface area contributed by atoms with Crippen molar-refractivity contribution in [1.82, 2.24) is 15.0 Å². The molecule has 0 saturated heterocycles. The molecular weight excluding hydrogens is 286 g/mol. The Morgan fingerprint density at radius 3 is 2.26 bits per heavy atom. The van der Waals surface area contributed by atoms with Gasteiger partial charge in [0.15, 0.2) is 0 Å². The van der Waals surface area contributed by atoms with Crippen molar-refractivity contribution in [3.05, 3.63) is 59.9 Å². The molecule has 2 aromatic carbocycles. The summed E-state index contributed by atoms with van der Waals surface area (Å²) in [4.78, 5) is 1.59. The summed E-state index contributed by atoms with van der Waals surface area (Å²) in [6.45, 7) is 8.34. The summed E-state index contributed by atoms with van der Waals surface area (Å²) in [5, 5.41) is 19.0. The van der Waals surface area contributed by atoms with Crippen LogP contribution >= 0.6 is 0 Å². The van der Waals surface area contributed by atoms with E-state index in [4.69, 9.17) is 0 Å². The fraction of sp³-hybridized carbons (Fsp3) is 0.263. The molecule has 0 aliphatic carbocycles. The van der Waals surface area contributed by atoms with Crippen LogP contribution in [0.2, 0.25) is 0 Å². The summed E-state index contributed by atoms with van der Waals surface area (Å²) in [6, 6.07) is 11.9. The minimum atomic E-state index is -0.104. The Hall–Kier alpha value is -2.62. The van der Waals surface area contributed by atoms with Crippen LogP contribution in [0.1, 0.15) is 31.9 Å². The standard InChI is InChI=1S/C19H21N3O/c1-13-12-14(22-20-10-11-21-22)8-9-15(13)16-6-5-7-17(18(16)23)19(2,3)4/h5-12,23H,1-4H3. The molecule has 1 N–H and O–H groups in total. The summed E-state index contributed by atoms with van der Waals surface area (Å²) in [5.74, 6) is 0.355. The zero-order valence-electron chi connectivity index (χ0n) is 13.9. The number of aromatic hydroxyl groups is 1. The van der Waals surface area contributed by atoms with Crippen molar-refractivity contribution in [2.24, 2.45) is 0 Å². The average molecular weight is 307 g/mol. The molecule has 0 atom stereocenters. The van der Waals surface area contributed by atoms with Gasteiger partial charge < -0.3 is 5.11 Å². The Labute approximate surface area is 136 Å². The van der Waals surface area contributed by atoms with E-state index in [9.17, 15) is 5.11 Å². The minimum Gasteiger partial charge on any atom is -0.507 e. The van der Waals surface area contributed by atoms with E-state index in [1.165, 1.54) is 0 Å². The molecule has 0 aliphatic heterocycles. The number of para-hydroxylation sites is 1. The Balaban J connectivity index is 2.10. The van der Waals surface area contributed by atoms with Crippen molar-refractivity contribution in [1.29, 1.82) is 0 Å². The van der Waals surface area contributed by atoms with Crippen molar-refractivity contribution in [2.45, 2.75) is 33.1 Å². The van der Waals surface area contributed by atoms with E-state index in [2.05, 4.69) is 31.0 Å². The maximum Gasteiger partial charge on any atom is 0.127 e. The molecule has 4 heteroatoms. The molecule has 3 rings (SSSR count). The average Bonchev–Trinajstić information content (AvgIpc) is 3.01. The molecule has 1 heterocycles. The fourth-order valence-electron chi connectivity index (χ4n) is 2.79. The summed E-state index contributed by atoms with van der Waals surface area (Å²) in [6.07, 6.45) is 3.31. The van der Waals surface area contributed by atoms with Gasteiger partial charge in [-0.15, -0.1) is 0 Å². The molecule has 0 spiro atoms. The van der Waals surface area contributed by atoms with Gasteiger partial charge in [-0.3, -0.25) is 0 Å². The van der Waals surface area contributed by atoms with Crippen LogP contribution in [0.25, 0.3) is 16.8 Å². The number of hydrogen-bond acceptors (Lipinski definition) is 3. The van der Waals surface area contributed by atoms with Gasteiger partial charge in [-0.25, -0.2) is 0 Å². The number of aryl methyl sites for hydroxylation is 1. The lowest BCUT2D eigenvalue weighted by molar-refractivity contribution is 0.448. The van der Waals surface area contributed by atoms with E-state index < -0.39 is 0 Å². The van der Waals surface area contributed by atoms with Crippen molar-refractivity contribution in [2.75, 3.05) is 0 Å². The van der Waals surface area contributed by atoms with E-state index in [-0.39, 0.29) is 5.41 Å². The predicted molar refractivity (Wildman–Crippen MR) is 91.9 cm³/mol. The van der Waals surface area contributed by atoms with Gasteiger partial charge in [-0.1, -0.05) is 45.0 Å². The smallest absolute Gasteiger partial charge is 0.127 e. The number of benzene rings is 2. The van der Waals surface area contributed by atoms with E-state index in [1.807, 2.05) is 43.3 Å². The zero-order chi connectivity index (χ0) is 16.6. The van der Waals surface area contributed by atoms with Crippen LogP contribution in [-0.2, 0) is 5.41 Å². The molecule has 0 radical (unpaired) electrons. The Morgan fingerprint density at radius 2 is 1.65 bits per heavy atom. The quantitative estimate of drug-likeness (QED) is 0.770. The highest BCUT2D eigenvalue weighted by molar-refractivity contribution is 5.75. The Bertz CT molecular complexity index is 830. The first-order chi connectivity index (χ1) is 10.9. The molecule has 0 fully saturated rings. The Morgan fingerprint density at radius 1 is 0.957 bits per heavy atom. The molecule has 118 valence electrons. The number of nitrogens with zero attached hydrogens (tertiary/aromatic N) is 3. The lowest BCUT2D eigenvalue weighted by atomic mass is 9.84. The highest BCUT2D eigenvalue weighted by Crippen LogP contribution is 2.39. The summed E-state index contributed by atoms with van der Waals surface area (Å²) in [7, 11) is 0. The van der Waals surface area contributed by atoms with E-state index >= 15 is 0 Å². The molecule has 0 unspecified atom stereocenters. The van der Waals surface area contributed by atoms with Crippen LogP contribution in [0.5, 0.6) is 5.75 Å². The normalized spacial score (nSPS) is 11.7. The molecule has 3 aromatic rings. The first-order valence-electron chi connectivity index (χ1n) is 7.68. The van der Waals surface area contributed by atoms with Gasteiger partial charge >= 0.3 is 0 Å². The summed E-state index contributed by atoms with van der Waals surface area (Å²) in [5.41, 5.74) is 4.70. The topological polar surface area (TPSA) is 50.9 Å². The van der Waals surface area contributed by atoms with E-state index in [0.717, 1.165) is 27.9 Å². The van der Waals surface area contributed by atoms with Gasteiger partial charge in [0.05, 0.1) is 18.1 Å². The number of phenols is 1. The fourth-order valence-corrected chi connectivity index (χ4v) is 2.79. The van der Waals surface area contributed by atoms with Crippen LogP contribution in [-0.4, -0.2) is 20.1 Å². The second-order valence-corrected chi connectivity index (χ2v) is 6.77. The van der Waals surface area contributed by atoms with Gasteiger partial charge in [0.1, 0.15) is 5.75 Å². The third-order valence-corrected chi connectivity index (χ3v) is 3.99. The van der Waals surface area contributed by atoms with Crippen LogP contribution < -0.4 is 0 Å². The van der Waals surface area contributed by atoms with E-state index in [0.29, 0.717) is 5.75 Å². The third-order valence-electron chi connectivity index (χ3n) is 3.99. The first-order valence-corrected chi connectivity index (χ1v) is 7.68. The SMILES string of the molecule is Cc1cc(-n2nccn2)ccc1-c1cccc(C(C)(C)C)c1O. The van der Waals surface area contributed by atoms with Crippen molar-refractivity contribution >= 4 is 0 Å². The zero-order valence-corrected chi connectivity index (χ0v) is 13.9. The highest BCUT2D eigenvalue weighted by atomic mass is 16.3.